The molecule has 0 N–H and O–H groups in total. The van der Waals surface area contributed by atoms with Gasteiger partial charge in [-0.15, -0.1) is 5.54 Å². The van der Waals surface area contributed by atoms with Gasteiger partial charge in [0.25, 0.3) is 0 Å². The van der Waals surface area contributed by atoms with Crippen LogP contribution in [0, 0.1) is 11.5 Å². The van der Waals surface area contributed by atoms with Crippen LogP contribution in [0.25, 0.3) is 10.8 Å². The van der Waals surface area contributed by atoms with E-state index in [-0.39, 0.29) is 0 Å². The minimum atomic E-state index is -1.31. The summed E-state index contributed by atoms with van der Waals surface area (Å²) in [6, 6.07) is 8.24. The van der Waals surface area contributed by atoms with Gasteiger partial charge in [0.15, 0.2) is 0 Å². The molecular formula is C14H15NSi. The van der Waals surface area contributed by atoms with Gasteiger partial charge in [-0.25, -0.2) is 0 Å². The molecule has 2 aromatic rings. The van der Waals surface area contributed by atoms with Crippen molar-refractivity contribution in [3.8, 4) is 11.5 Å². The molecule has 80 valence electrons. The predicted molar refractivity (Wildman–Crippen MR) is 72.0 cm³/mol. The van der Waals surface area contributed by atoms with Crippen LogP contribution in [0.4, 0.5) is 0 Å². The summed E-state index contributed by atoms with van der Waals surface area (Å²) in [5, 5.41) is 2.35. The molecule has 0 amide bonds. The first-order valence-corrected chi connectivity index (χ1v) is 8.92. The Morgan fingerprint density at radius 1 is 1.12 bits per heavy atom. The number of aromatic nitrogens is 1. The van der Waals surface area contributed by atoms with Crippen molar-refractivity contribution in [3.63, 3.8) is 0 Å². The number of nitrogens with zero attached hydrogens (tertiary/aromatic N) is 1. The minimum absolute atomic E-state index is 1.09. The van der Waals surface area contributed by atoms with E-state index in [0.29, 0.717) is 0 Å². The maximum absolute atomic E-state index is 4.16. The van der Waals surface area contributed by atoms with Crippen molar-refractivity contribution in [2.24, 2.45) is 0 Å². The third kappa shape index (κ3) is 2.50. The Bertz CT molecular complexity index is 565. The summed E-state index contributed by atoms with van der Waals surface area (Å²) in [4.78, 5) is 4.16. The Morgan fingerprint density at radius 3 is 2.69 bits per heavy atom. The van der Waals surface area contributed by atoms with Gasteiger partial charge in [0.2, 0.25) is 0 Å². The topological polar surface area (TPSA) is 12.9 Å². The first-order chi connectivity index (χ1) is 7.56. The molecule has 0 radical (unpaired) electrons. The van der Waals surface area contributed by atoms with Crippen molar-refractivity contribution in [3.05, 3.63) is 42.2 Å². The third-order valence-electron chi connectivity index (χ3n) is 2.26. The lowest BCUT2D eigenvalue weighted by molar-refractivity contribution is 1.36. The highest BCUT2D eigenvalue weighted by atomic mass is 28.3. The fourth-order valence-electron chi connectivity index (χ4n) is 1.48. The molecule has 0 aliphatic rings. The number of rotatable bonds is 0. The van der Waals surface area contributed by atoms with E-state index in [1.54, 1.807) is 0 Å². The van der Waals surface area contributed by atoms with Crippen molar-refractivity contribution in [2.75, 3.05) is 0 Å². The van der Waals surface area contributed by atoms with E-state index in [1.807, 2.05) is 18.5 Å². The standard InChI is InChI=1S/C14H15NSi/c1-16(2,3)10-8-13-6-4-5-12-7-9-15-11-14(12)13/h4-7,9,11H,1-3H3. The van der Waals surface area contributed by atoms with Gasteiger partial charge in [0, 0.05) is 23.3 Å². The van der Waals surface area contributed by atoms with Crippen molar-refractivity contribution in [1.29, 1.82) is 0 Å². The highest BCUT2D eigenvalue weighted by Crippen LogP contribution is 2.16. The fourth-order valence-corrected chi connectivity index (χ4v) is 1.99. The third-order valence-corrected chi connectivity index (χ3v) is 3.13. The molecule has 0 fully saturated rings. The fraction of sp³-hybridized carbons (Fsp3) is 0.214. The second-order valence-corrected chi connectivity index (χ2v) is 9.65. The summed E-state index contributed by atoms with van der Waals surface area (Å²) < 4.78 is 0. The Labute approximate surface area is 97.5 Å². The molecule has 0 aliphatic heterocycles. The van der Waals surface area contributed by atoms with Crippen LogP contribution >= 0.6 is 0 Å². The van der Waals surface area contributed by atoms with Crippen LogP contribution < -0.4 is 0 Å². The second-order valence-electron chi connectivity index (χ2n) is 4.90. The lowest BCUT2D eigenvalue weighted by Crippen LogP contribution is -2.16. The van der Waals surface area contributed by atoms with Gasteiger partial charge in [-0.2, -0.15) is 0 Å². The lowest BCUT2D eigenvalue weighted by Gasteiger charge is -2.04. The molecule has 1 aromatic heterocycles. The van der Waals surface area contributed by atoms with Crippen LogP contribution in [0.5, 0.6) is 0 Å². The van der Waals surface area contributed by atoms with Crippen LogP contribution in [0.3, 0.4) is 0 Å². The van der Waals surface area contributed by atoms with E-state index in [2.05, 4.69) is 54.3 Å². The van der Waals surface area contributed by atoms with Crippen LogP contribution in [0.1, 0.15) is 5.56 Å². The number of pyridine rings is 1. The molecular weight excluding hydrogens is 210 g/mol. The zero-order valence-corrected chi connectivity index (χ0v) is 10.9. The minimum Gasteiger partial charge on any atom is -0.264 e. The molecule has 0 saturated carbocycles. The van der Waals surface area contributed by atoms with Gasteiger partial charge in [-0.3, -0.25) is 4.98 Å². The van der Waals surface area contributed by atoms with Gasteiger partial charge >= 0.3 is 0 Å². The number of fused-ring (bicyclic) bond motifs is 1. The Hall–Kier alpha value is -1.59. The van der Waals surface area contributed by atoms with E-state index in [9.17, 15) is 0 Å². The maximum atomic E-state index is 4.16. The Kier molecular flexibility index (Phi) is 2.80. The molecule has 16 heavy (non-hydrogen) atoms. The van der Waals surface area contributed by atoms with Crippen LogP contribution in [0.2, 0.25) is 19.6 Å². The monoisotopic (exact) mass is 225 g/mol. The summed E-state index contributed by atoms with van der Waals surface area (Å²) in [7, 11) is -1.31. The van der Waals surface area contributed by atoms with Crippen molar-refractivity contribution in [2.45, 2.75) is 19.6 Å². The second kappa shape index (κ2) is 4.11. The summed E-state index contributed by atoms with van der Waals surface area (Å²) in [6.07, 6.45) is 3.71. The average Bonchev–Trinajstić information content (AvgIpc) is 2.25. The smallest absolute Gasteiger partial charge is 0.129 e. The van der Waals surface area contributed by atoms with Crippen molar-refractivity contribution < 1.29 is 0 Å². The molecule has 2 heteroatoms. The van der Waals surface area contributed by atoms with E-state index in [0.717, 1.165) is 10.9 Å². The normalized spacial score (nSPS) is 10.9. The van der Waals surface area contributed by atoms with E-state index in [1.165, 1.54) is 5.39 Å². The Morgan fingerprint density at radius 2 is 1.94 bits per heavy atom. The average molecular weight is 225 g/mol. The SMILES string of the molecule is C[Si](C)(C)C#Cc1cccc2ccncc12. The maximum Gasteiger partial charge on any atom is 0.129 e. The molecule has 0 bridgehead atoms. The lowest BCUT2D eigenvalue weighted by atomic mass is 10.1. The van der Waals surface area contributed by atoms with Gasteiger partial charge in [0.1, 0.15) is 8.07 Å². The molecule has 1 nitrogen and oxygen atoms in total. The van der Waals surface area contributed by atoms with E-state index >= 15 is 0 Å². The van der Waals surface area contributed by atoms with Crippen LogP contribution in [-0.2, 0) is 0 Å². The highest BCUT2D eigenvalue weighted by Gasteiger charge is 2.07. The quantitative estimate of drug-likeness (QED) is 0.494. The zero-order chi connectivity index (χ0) is 11.6. The molecule has 0 aliphatic carbocycles. The summed E-state index contributed by atoms with van der Waals surface area (Å²) >= 11 is 0. The van der Waals surface area contributed by atoms with Gasteiger partial charge in [0.05, 0.1) is 0 Å². The summed E-state index contributed by atoms with van der Waals surface area (Å²) in [5.74, 6) is 3.30. The molecule has 1 heterocycles. The molecule has 0 saturated heterocycles. The van der Waals surface area contributed by atoms with Crippen molar-refractivity contribution in [1.82, 2.24) is 4.98 Å². The van der Waals surface area contributed by atoms with E-state index in [4.69, 9.17) is 0 Å². The van der Waals surface area contributed by atoms with Crippen LogP contribution in [0.15, 0.2) is 36.7 Å². The van der Waals surface area contributed by atoms with Crippen LogP contribution in [-0.4, -0.2) is 13.1 Å². The molecule has 0 atom stereocenters. The number of hydrogen-bond acceptors (Lipinski definition) is 1. The predicted octanol–water partition coefficient (Wildman–Crippen LogP) is 3.46. The Balaban J connectivity index is 2.56. The van der Waals surface area contributed by atoms with Crippen molar-refractivity contribution >= 4 is 18.8 Å². The number of hydrogen-bond donors (Lipinski definition) is 0. The molecule has 0 spiro atoms. The van der Waals surface area contributed by atoms with Gasteiger partial charge in [-0.1, -0.05) is 37.7 Å². The zero-order valence-electron chi connectivity index (χ0n) is 9.91. The first-order valence-electron chi connectivity index (χ1n) is 5.42. The van der Waals surface area contributed by atoms with Gasteiger partial charge in [-0.05, 0) is 17.5 Å². The summed E-state index contributed by atoms with van der Waals surface area (Å²) in [6.45, 7) is 6.76. The molecule has 0 unspecified atom stereocenters. The molecule has 2 rings (SSSR count). The number of benzene rings is 1. The summed E-state index contributed by atoms with van der Waals surface area (Å²) in [5.41, 5.74) is 4.48. The van der Waals surface area contributed by atoms with E-state index < -0.39 is 8.07 Å². The largest absolute Gasteiger partial charge is 0.264 e. The first kappa shape index (κ1) is 10.9. The highest BCUT2D eigenvalue weighted by molar-refractivity contribution is 6.83. The van der Waals surface area contributed by atoms with Gasteiger partial charge < -0.3 is 0 Å². The molecule has 1 aromatic carbocycles.